The van der Waals surface area contributed by atoms with Crippen molar-refractivity contribution in [3.05, 3.63) is 35.9 Å². The fourth-order valence-corrected chi connectivity index (χ4v) is 8.13. The molecule has 2 heteroatoms. The van der Waals surface area contributed by atoms with E-state index in [9.17, 15) is 5.11 Å². The maximum Gasteiger partial charge on any atom is 0.0720 e. The van der Waals surface area contributed by atoms with E-state index < -0.39 is 0 Å². The molecular weight excluding hydrogens is 344 g/mol. The van der Waals surface area contributed by atoms with Crippen molar-refractivity contribution in [3.8, 4) is 0 Å². The normalized spacial score (nSPS) is 47.8. The molecule has 0 spiro atoms. The summed E-state index contributed by atoms with van der Waals surface area (Å²) < 4.78 is 6.37. The topological polar surface area (TPSA) is 29.5 Å². The number of rotatable bonds is 3. The first-order valence-corrected chi connectivity index (χ1v) is 11.8. The van der Waals surface area contributed by atoms with Gasteiger partial charge in [-0.15, -0.1) is 0 Å². The third-order valence-electron chi connectivity index (χ3n) is 9.90. The molecule has 8 atom stereocenters. The fraction of sp³-hybridized carbons (Fsp3) is 0.769. The Balaban J connectivity index is 1.26. The van der Waals surface area contributed by atoms with Gasteiger partial charge in [-0.2, -0.15) is 0 Å². The molecule has 0 aliphatic heterocycles. The zero-order valence-corrected chi connectivity index (χ0v) is 17.8. The monoisotopic (exact) mass is 382 g/mol. The van der Waals surface area contributed by atoms with Crippen LogP contribution in [0.2, 0.25) is 0 Å². The fourth-order valence-electron chi connectivity index (χ4n) is 8.13. The van der Waals surface area contributed by atoms with Crippen LogP contribution >= 0.6 is 0 Å². The number of aliphatic hydroxyl groups is 1. The van der Waals surface area contributed by atoms with Crippen LogP contribution in [-0.4, -0.2) is 17.3 Å². The molecule has 0 bridgehead atoms. The van der Waals surface area contributed by atoms with Gasteiger partial charge in [0.2, 0.25) is 0 Å². The molecule has 0 radical (unpaired) electrons. The van der Waals surface area contributed by atoms with Crippen LogP contribution in [0.1, 0.15) is 77.2 Å². The summed E-state index contributed by atoms with van der Waals surface area (Å²) in [6.45, 7) is 5.78. The highest BCUT2D eigenvalue weighted by Gasteiger charge is 2.60. The molecule has 0 unspecified atom stereocenters. The van der Waals surface area contributed by atoms with Gasteiger partial charge >= 0.3 is 0 Å². The second-order valence-electron chi connectivity index (χ2n) is 11.0. The summed E-state index contributed by atoms with van der Waals surface area (Å²) in [6, 6.07) is 10.6. The van der Waals surface area contributed by atoms with Gasteiger partial charge in [-0.25, -0.2) is 0 Å². The van der Waals surface area contributed by atoms with E-state index in [2.05, 4.69) is 44.2 Å². The maximum absolute atomic E-state index is 10.6. The Hall–Kier alpha value is -0.860. The van der Waals surface area contributed by atoms with E-state index in [4.69, 9.17) is 4.74 Å². The number of benzene rings is 1. The van der Waals surface area contributed by atoms with Crippen LogP contribution in [0.25, 0.3) is 0 Å². The molecule has 4 aliphatic carbocycles. The highest BCUT2D eigenvalue weighted by atomic mass is 16.5. The minimum absolute atomic E-state index is 0.0499. The van der Waals surface area contributed by atoms with E-state index in [-0.39, 0.29) is 11.5 Å². The average Bonchev–Trinajstić information content (AvgIpc) is 3.02. The molecule has 1 aromatic rings. The first-order valence-electron chi connectivity index (χ1n) is 11.8. The molecule has 154 valence electrons. The van der Waals surface area contributed by atoms with E-state index in [1.807, 2.05) is 0 Å². The number of fused-ring (bicyclic) bond motifs is 5. The molecule has 0 saturated heterocycles. The van der Waals surface area contributed by atoms with Crippen LogP contribution in [0.3, 0.4) is 0 Å². The lowest BCUT2D eigenvalue weighted by atomic mass is 9.45. The summed E-state index contributed by atoms with van der Waals surface area (Å²) in [5.74, 6) is 3.34. The third-order valence-corrected chi connectivity index (χ3v) is 9.90. The van der Waals surface area contributed by atoms with Crippen molar-refractivity contribution in [2.24, 2.45) is 34.5 Å². The standard InChI is InChI=1S/C26H38O2/c1-25-14-12-20(28-17-18-6-4-3-5-7-18)16-19(25)8-9-21-22-10-11-24(27)26(22,2)15-13-23(21)25/h3-7,19-24,27H,8-17H2,1-2H3/t19-,20-,21+,22+,23+,24-,25-,26+/m0/s1. The molecule has 4 fully saturated rings. The molecule has 1 N–H and O–H groups in total. The Morgan fingerprint density at radius 2 is 1.64 bits per heavy atom. The summed E-state index contributed by atoms with van der Waals surface area (Å²) >= 11 is 0. The van der Waals surface area contributed by atoms with Gasteiger partial charge in [0, 0.05) is 0 Å². The van der Waals surface area contributed by atoms with Gasteiger partial charge in [-0.3, -0.25) is 0 Å². The van der Waals surface area contributed by atoms with Gasteiger partial charge in [-0.05, 0) is 97.9 Å². The largest absolute Gasteiger partial charge is 0.393 e. The van der Waals surface area contributed by atoms with Crippen LogP contribution in [0, 0.1) is 34.5 Å². The molecular formula is C26H38O2. The summed E-state index contributed by atoms with van der Waals surface area (Å²) in [7, 11) is 0. The lowest BCUT2D eigenvalue weighted by molar-refractivity contribution is -0.142. The van der Waals surface area contributed by atoms with Crippen molar-refractivity contribution in [2.75, 3.05) is 0 Å². The lowest BCUT2D eigenvalue weighted by Crippen LogP contribution is -2.54. The van der Waals surface area contributed by atoms with Gasteiger partial charge in [0.15, 0.2) is 0 Å². The van der Waals surface area contributed by atoms with Crippen LogP contribution in [0.15, 0.2) is 30.3 Å². The lowest BCUT2D eigenvalue weighted by Gasteiger charge is -2.60. The van der Waals surface area contributed by atoms with Crippen molar-refractivity contribution < 1.29 is 9.84 Å². The van der Waals surface area contributed by atoms with E-state index in [0.29, 0.717) is 11.5 Å². The number of hydrogen-bond acceptors (Lipinski definition) is 2. The highest BCUT2D eigenvalue weighted by molar-refractivity contribution is 5.14. The molecule has 0 heterocycles. The highest BCUT2D eigenvalue weighted by Crippen LogP contribution is 2.66. The van der Waals surface area contributed by atoms with Gasteiger partial charge < -0.3 is 9.84 Å². The van der Waals surface area contributed by atoms with E-state index in [0.717, 1.165) is 36.7 Å². The van der Waals surface area contributed by atoms with E-state index in [1.54, 1.807) is 0 Å². The summed E-state index contributed by atoms with van der Waals surface area (Å²) in [6.07, 6.45) is 11.9. The first kappa shape index (κ1) is 19.1. The first-order chi connectivity index (χ1) is 13.5. The summed E-state index contributed by atoms with van der Waals surface area (Å²) in [5.41, 5.74) is 2.01. The maximum atomic E-state index is 10.6. The molecule has 5 rings (SSSR count). The smallest absolute Gasteiger partial charge is 0.0720 e. The van der Waals surface area contributed by atoms with Crippen molar-refractivity contribution in [1.29, 1.82) is 0 Å². The van der Waals surface area contributed by atoms with Crippen molar-refractivity contribution >= 4 is 0 Å². The Labute approximate surface area is 171 Å². The Morgan fingerprint density at radius 3 is 2.46 bits per heavy atom. The van der Waals surface area contributed by atoms with Gasteiger partial charge in [0.05, 0.1) is 18.8 Å². The molecule has 4 saturated carbocycles. The molecule has 0 amide bonds. The number of ether oxygens (including phenoxy) is 1. The van der Waals surface area contributed by atoms with Crippen LogP contribution in [0.5, 0.6) is 0 Å². The summed E-state index contributed by atoms with van der Waals surface area (Å²) in [4.78, 5) is 0. The predicted molar refractivity (Wildman–Crippen MR) is 113 cm³/mol. The molecule has 4 aliphatic rings. The summed E-state index contributed by atoms with van der Waals surface area (Å²) in [5, 5.41) is 10.6. The second-order valence-corrected chi connectivity index (χ2v) is 11.0. The van der Waals surface area contributed by atoms with Gasteiger partial charge in [-0.1, -0.05) is 44.2 Å². The predicted octanol–water partition coefficient (Wildman–Crippen LogP) is 5.98. The molecule has 1 aromatic carbocycles. The molecule has 28 heavy (non-hydrogen) atoms. The number of aliphatic hydroxyl groups excluding tert-OH is 1. The van der Waals surface area contributed by atoms with Crippen LogP contribution in [0.4, 0.5) is 0 Å². The Bertz CT molecular complexity index is 687. The van der Waals surface area contributed by atoms with Crippen LogP contribution < -0.4 is 0 Å². The minimum atomic E-state index is -0.0499. The zero-order chi connectivity index (χ0) is 19.4. The SMILES string of the molecule is C[C@]12CC[C@H](OCc3ccccc3)C[C@@H]1CC[C@H]1[C@H]2CC[C@]2(C)[C@@H]1CC[C@@H]2O. The van der Waals surface area contributed by atoms with Crippen molar-refractivity contribution in [2.45, 2.75) is 90.4 Å². The Morgan fingerprint density at radius 1 is 0.893 bits per heavy atom. The van der Waals surface area contributed by atoms with Crippen molar-refractivity contribution in [3.63, 3.8) is 0 Å². The molecule has 2 nitrogen and oxygen atoms in total. The minimum Gasteiger partial charge on any atom is -0.393 e. The zero-order valence-electron chi connectivity index (χ0n) is 17.8. The van der Waals surface area contributed by atoms with E-state index in [1.165, 1.54) is 56.9 Å². The van der Waals surface area contributed by atoms with E-state index >= 15 is 0 Å². The van der Waals surface area contributed by atoms with Gasteiger partial charge in [0.1, 0.15) is 0 Å². The molecule has 0 aromatic heterocycles. The second kappa shape index (κ2) is 7.13. The number of hydrogen-bond donors (Lipinski definition) is 1. The van der Waals surface area contributed by atoms with Crippen LogP contribution in [-0.2, 0) is 11.3 Å². The van der Waals surface area contributed by atoms with Gasteiger partial charge in [0.25, 0.3) is 0 Å². The quantitative estimate of drug-likeness (QED) is 0.697. The average molecular weight is 383 g/mol. The third kappa shape index (κ3) is 2.98. The Kier molecular flexibility index (Phi) is 4.87. The van der Waals surface area contributed by atoms with Crippen molar-refractivity contribution in [1.82, 2.24) is 0 Å².